The van der Waals surface area contributed by atoms with Crippen LogP contribution in [-0.2, 0) is 14.5 Å². The molecule has 164 valence electrons. The van der Waals surface area contributed by atoms with Gasteiger partial charge in [0.1, 0.15) is 6.10 Å². The van der Waals surface area contributed by atoms with E-state index in [1.165, 1.54) is 5.56 Å². The summed E-state index contributed by atoms with van der Waals surface area (Å²) in [5.74, 6) is -0.0681. The molecule has 1 aliphatic heterocycles. The van der Waals surface area contributed by atoms with Crippen molar-refractivity contribution in [1.29, 1.82) is 0 Å². The van der Waals surface area contributed by atoms with Crippen LogP contribution in [0.1, 0.15) is 42.7 Å². The summed E-state index contributed by atoms with van der Waals surface area (Å²) >= 11 is 5.99. The maximum Gasteiger partial charge on any atom is 0.201 e. The van der Waals surface area contributed by atoms with Gasteiger partial charge in [-0.1, -0.05) is 84.9 Å². The predicted octanol–water partition coefficient (Wildman–Crippen LogP) is 7.42. The van der Waals surface area contributed by atoms with Gasteiger partial charge in [-0.15, -0.1) is 0 Å². The molecule has 0 bridgehead atoms. The minimum atomic E-state index is -0.625. The average molecular weight is 447 g/mol. The van der Waals surface area contributed by atoms with Gasteiger partial charge in [0, 0.05) is 17.9 Å². The van der Waals surface area contributed by atoms with Crippen molar-refractivity contribution >= 4 is 17.2 Å². The highest BCUT2D eigenvalue weighted by molar-refractivity contribution is 6.30. The molecule has 3 aromatic carbocycles. The summed E-state index contributed by atoms with van der Waals surface area (Å²) in [6.45, 7) is 4.70. The van der Waals surface area contributed by atoms with Crippen molar-refractivity contribution in [2.24, 2.45) is 0 Å². The zero-order chi connectivity index (χ0) is 22.0. The number of ether oxygens (including phenoxy) is 1. The Morgan fingerprint density at radius 2 is 1.47 bits per heavy atom. The third-order valence-electron chi connectivity index (χ3n) is 6.65. The predicted molar refractivity (Wildman–Crippen MR) is 128 cm³/mol. The molecule has 1 unspecified atom stereocenters. The van der Waals surface area contributed by atoms with Gasteiger partial charge in [0.05, 0.1) is 6.61 Å². The Balaban J connectivity index is 1.17. The Hall–Kier alpha value is -2.43. The van der Waals surface area contributed by atoms with Crippen LogP contribution in [0.5, 0.6) is 0 Å². The van der Waals surface area contributed by atoms with Crippen molar-refractivity contribution in [2.75, 3.05) is 6.61 Å². The number of hydrogen-bond acceptors (Lipinski definition) is 3. The number of benzene rings is 3. The van der Waals surface area contributed by atoms with Gasteiger partial charge in [-0.25, -0.2) is 9.78 Å². The van der Waals surface area contributed by atoms with Gasteiger partial charge >= 0.3 is 0 Å². The molecule has 1 saturated carbocycles. The molecule has 3 nitrogen and oxygen atoms in total. The van der Waals surface area contributed by atoms with Crippen LogP contribution in [0.3, 0.4) is 0 Å². The van der Waals surface area contributed by atoms with Crippen LogP contribution in [0.2, 0.25) is 5.02 Å². The van der Waals surface area contributed by atoms with Crippen molar-refractivity contribution in [3.8, 4) is 11.1 Å². The van der Waals surface area contributed by atoms with Crippen molar-refractivity contribution in [3.05, 3.63) is 102 Å². The smallest absolute Gasteiger partial charge is 0.201 e. The molecule has 5 rings (SSSR count). The second-order valence-electron chi connectivity index (χ2n) is 8.68. The number of halogens is 1. The van der Waals surface area contributed by atoms with Crippen molar-refractivity contribution in [1.82, 2.24) is 0 Å². The largest absolute Gasteiger partial charge is 0.344 e. The second kappa shape index (κ2) is 9.21. The highest BCUT2D eigenvalue weighted by Crippen LogP contribution is 2.43. The molecule has 0 aromatic heterocycles. The van der Waals surface area contributed by atoms with E-state index in [1.807, 2.05) is 24.3 Å². The Labute approximate surface area is 194 Å². The summed E-state index contributed by atoms with van der Waals surface area (Å²) in [4.78, 5) is 11.7. The second-order valence-corrected chi connectivity index (χ2v) is 9.12. The topological polar surface area (TPSA) is 27.7 Å². The zero-order valence-corrected chi connectivity index (χ0v) is 18.8. The van der Waals surface area contributed by atoms with E-state index in [2.05, 4.69) is 61.2 Å². The Morgan fingerprint density at radius 3 is 2.06 bits per heavy atom. The van der Waals surface area contributed by atoms with E-state index in [0.29, 0.717) is 12.5 Å². The van der Waals surface area contributed by atoms with Crippen LogP contribution in [0.25, 0.3) is 16.7 Å². The fourth-order valence-electron chi connectivity index (χ4n) is 4.63. The van der Waals surface area contributed by atoms with E-state index < -0.39 is 5.79 Å². The molecule has 3 aromatic rings. The lowest BCUT2D eigenvalue weighted by molar-refractivity contribution is -0.483. The molecule has 1 spiro atoms. The third kappa shape index (κ3) is 4.53. The molecule has 1 atom stereocenters. The highest BCUT2D eigenvalue weighted by atomic mass is 35.5. The van der Waals surface area contributed by atoms with Crippen molar-refractivity contribution in [3.63, 3.8) is 0 Å². The van der Waals surface area contributed by atoms with Crippen molar-refractivity contribution < 1.29 is 14.5 Å². The van der Waals surface area contributed by atoms with Gasteiger partial charge in [0.15, 0.2) is 0 Å². The molecule has 4 heteroatoms. The van der Waals surface area contributed by atoms with E-state index in [9.17, 15) is 0 Å². The van der Waals surface area contributed by atoms with Crippen LogP contribution < -0.4 is 0 Å². The quantitative estimate of drug-likeness (QED) is 0.390. The molecule has 0 N–H and O–H groups in total. The zero-order valence-electron chi connectivity index (χ0n) is 18.0. The molecule has 1 aliphatic carbocycles. The first-order valence-electron chi connectivity index (χ1n) is 11.2. The van der Waals surface area contributed by atoms with Crippen LogP contribution in [0.4, 0.5) is 0 Å². The summed E-state index contributed by atoms with van der Waals surface area (Å²) in [5, 5.41) is 0.736. The molecule has 1 saturated heterocycles. The van der Waals surface area contributed by atoms with Gasteiger partial charge in [0.2, 0.25) is 5.79 Å². The highest BCUT2D eigenvalue weighted by Gasteiger charge is 2.43. The Bertz CT molecular complexity index is 1040. The SMILES string of the molecule is C=C(c1ccc(-c2ccc(Cl)cc2)cc1)C1COC2(CCC(c3ccccc3)CC2)OO1. The summed E-state index contributed by atoms with van der Waals surface area (Å²) in [5.41, 5.74) is 5.53. The van der Waals surface area contributed by atoms with E-state index in [1.54, 1.807) is 0 Å². The van der Waals surface area contributed by atoms with Gasteiger partial charge in [-0.05, 0) is 58.7 Å². The molecule has 2 aliphatic rings. The Morgan fingerprint density at radius 1 is 0.844 bits per heavy atom. The number of hydrogen-bond donors (Lipinski definition) is 0. The van der Waals surface area contributed by atoms with Gasteiger partial charge < -0.3 is 4.74 Å². The Kier molecular flexibility index (Phi) is 6.16. The van der Waals surface area contributed by atoms with E-state index in [-0.39, 0.29) is 6.10 Å². The standard InChI is InChI=1S/C28H27ClO3/c1-20(21-7-9-23(10-8-21)24-11-13-26(29)14-12-24)27-19-30-28(32-31-27)17-15-25(16-18-28)22-5-3-2-4-6-22/h2-14,25,27H,1,15-19H2. The third-order valence-corrected chi connectivity index (χ3v) is 6.91. The van der Waals surface area contributed by atoms with E-state index >= 15 is 0 Å². The molecule has 0 radical (unpaired) electrons. The molecular formula is C28H27ClO3. The minimum Gasteiger partial charge on any atom is -0.344 e. The van der Waals surface area contributed by atoms with E-state index in [0.717, 1.165) is 53.0 Å². The first kappa shape index (κ1) is 21.4. The lowest BCUT2D eigenvalue weighted by atomic mass is 9.81. The summed E-state index contributed by atoms with van der Waals surface area (Å²) in [6, 6.07) is 26.8. The fraction of sp³-hybridized carbons (Fsp3) is 0.286. The first-order chi connectivity index (χ1) is 15.6. The summed E-state index contributed by atoms with van der Waals surface area (Å²) < 4.78 is 6.23. The minimum absolute atomic E-state index is 0.311. The van der Waals surface area contributed by atoms with Gasteiger partial charge in [0.25, 0.3) is 0 Å². The maximum atomic E-state index is 6.23. The van der Waals surface area contributed by atoms with Crippen LogP contribution in [0.15, 0.2) is 85.4 Å². The molecule has 0 amide bonds. The normalized spacial score (nSPS) is 25.5. The molecule has 2 fully saturated rings. The fourth-order valence-corrected chi connectivity index (χ4v) is 4.76. The lowest BCUT2D eigenvalue weighted by Crippen LogP contribution is -2.47. The molecule has 1 heterocycles. The van der Waals surface area contributed by atoms with Crippen LogP contribution >= 0.6 is 11.6 Å². The van der Waals surface area contributed by atoms with Crippen LogP contribution in [0, 0.1) is 0 Å². The maximum absolute atomic E-state index is 6.23. The van der Waals surface area contributed by atoms with Crippen LogP contribution in [-0.4, -0.2) is 18.5 Å². The van der Waals surface area contributed by atoms with Crippen molar-refractivity contribution in [2.45, 2.75) is 43.5 Å². The molecule has 32 heavy (non-hydrogen) atoms. The average Bonchev–Trinajstić information content (AvgIpc) is 2.86. The summed E-state index contributed by atoms with van der Waals surface area (Å²) in [6.07, 6.45) is 3.42. The van der Waals surface area contributed by atoms with E-state index in [4.69, 9.17) is 26.1 Å². The lowest BCUT2D eigenvalue weighted by Gasteiger charge is -2.43. The number of rotatable bonds is 4. The first-order valence-corrected chi connectivity index (χ1v) is 11.6. The summed E-state index contributed by atoms with van der Waals surface area (Å²) in [7, 11) is 0. The monoisotopic (exact) mass is 446 g/mol. The van der Waals surface area contributed by atoms with Gasteiger partial charge in [-0.2, -0.15) is 0 Å². The van der Waals surface area contributed by atoms with Gasteiger partial charge in [-0.3, -0.25) is 0 Å². The molecular weight excluding hydrogens is 420 g/mol.